The number of amides is 1. The van der Waals surface area contributed by atoms with Crippen LogP contribution in [-0.4, -0.2) is 48.0 Å². The van der Waals surface area contributed by atoms with Crippen molar-refractivity contribution in [1.82, 2.24) is 28.9 Å². The Bertz CT molecular complexity index is 1260. The van der Waals surface area contributed by atoms with E-state index in [-0.39, 0.29) is 11.7 Å². The number of pyridine rings is 1. The summed E-state index contributed by atoms with van der Waals surface area (Å²) in [4.78, 5) is 40.2. The number of hydrogen-bond donors (Lipinski definition) is 2. The Labute approximate surface area is 158 Å². The van der Waals surface area contributed by atoms with E-state index < -0.39 is 5.91 Å². The Morgan fingerprint density at radius 3 is 2.82 bits per heavy atom. The average Bonchev–Trinajstić information content (AvgIpc) is 3.27. The third-order valence-electron chi connectivity index (χ3n) is 5.03. The summed E-state index contributed by atoms with van der Waals surface area (Å²) in [7, 11) is 0. The van der Waals surface area contributed by atoms with Gasteiger partial charge in [-0.25, -0.2) is 19.7 Å². The van der Waals surface area contributed by atoms with Crippen LogP contribution in [0.15, 0.2) is 35.5 Å². The number of carbonyl (C=O) groups is 1. The number of H-pyrrole nitrogens is 1. The summed E-state index contributed by atoms with van der Waals surface area (Å²) in [6.45, 7) is 1.23. The monoisotopic (exact) mass is 379 g/mol. The van der Waals surface area contributed by atoms with Crippen LogP contribution in [0, 0.1) is 0 Å². The van der Waals surface area contributed by atoms with Gasteiger partial charge in [-0.2, -0.15) is 0 Å². The maximum atomic E-state index is 12.5. The van der Waals surface area contributed by atoms with Gasteiger partial charge < -0.3 is 15.5 Å². The molecule has 1 aliphatic rings. The zero-order valence-electron chi connectivity index (χ0n) is 14.8. The third kappa shape index (κ3) is 2.57. The highest BCUT2D eigenvalue weighted by atomic mass is 16.5. The molecule has 1 fully saturated rings. The van der Waals surface area contributed by atoms with Crippen LogP contribution in [0.3, 0.4) is 0 Å². The SMILES string of the molecule is NC(=O)c1ccc2ncc(-c3ncc4[nH]c(=O)n(C5CCOCC5)c4n3)n2c1. The summed E-state index contributed by atoms with van der Waals surface area (Å²) in [5.41, 5.74) is 7.90. The quantitative estimate of drug-likeness (QED) is 0.543. The Kier molecular flexibility index (Phi) is 3.72. The van der Waals surface area contributed by atoms with Crippen LogP contribution in [0.2, 0.25) is 0 Å². The van der Waals surface area contributed by atoms with Crippen molar-refractivity contribution >= 4 is 22.7 Å². The second kappa shape index (κ2) is 6.27. The van der Waals surface area contributed by atoms with Gasteiger partial charge in [0.15, 0.2) is 11.5 Å². The molecule has 3 N–H and O–H groups in total. The van der Waals surface area contributed by atoms with Crippen LogP contribution in [-0.2, 0) is 4.74 Å². The lowest BCUT2D eigenvalue weighted by Gasteiger charge is -2.22. The van der Waals surface area contributed by atoms with Gasteiger partial charge in [0.2, 0.25) is 5.91 Å². The number of primary amides is 1. The first kappa shape index (κ1) is 16.6. The van der Waals surface area contributed by atoms with Crippen molar-refractivity contribution in [1.29, 1.82) is 0 Å². The van der Waals surface area contributed by atoms with Crippen LogP contribution in [0.4, 0.5) is 0 Å². The van der Waals surface area contributed by atoms with E-state index in [1.54, 1.807) is 39.7 Å². The van der Waals surface area contributed by atoms with E-state index in [4.69, 9.17) is 10.5 Å². The molecule has 0 spiro atoms. The highest BCUT2D eigenvalue weighted by molar-refractivity contribution is 5.92. The Hall–Kier alpha value is -3.53. The van der Waals surface area contributed by atoms with Crippen molar-refractivity contribution in [3.8, 4) is 11.5 Å². The fourth-order valence-corrected chi connectivity index (χ4v) is 3.61. The molecule has 0 radical (unpaired) electrons. The summed E-state index contributed by atoms with van der Waals surface area (Å²) < 4.78 is 8.80. The molecule has 5 rings (SSSR count). The standard InChI is InChI=1S/C18H17N7O3/c19-15(26)10-1-2-14-20-8-13(24(14)9-10)16-21-7-12-17(23-16)25(18(27)22-12)11-3-5-28-6-4-11/h1-2,7-9,11H,3-6H2,(H2,19,26)(H,22,27). The number of nitrogens with two attached hydrogens (primary N) is 1. The summed E-state index contributed by atoms with van der Waals surface area (Å²) in [5.74, 6) is -0.127. The third-order valence-corrected chi connectivity index (χ3v) is 5.03. The molecular weight excluding hydrogens is 362 g/mol. The second-order valence-electron chi connectivity index (χ2n) is 6.73. The van der Waals surface area contributed by atoms with Crippen LogP contribution in [0.25, 0.3) is 28.3 Å². The topological polar surface area (TPSA) is 133 Å². The highest BCUT2D eigenvalue weighted by Crippen LogP contribution is 2.24. The van der Waals surface area contributed by atoms with Crippen LogP contribution < -0.4 is 11.4 Å². The molecule has 142 valence electrons. The summed E-state index contributed by atoms with van der Waals surface area (Å²) in [6, 6.07) is 3.35. The fourth-order valence-electron chi connectivity index (χ4n) is 3.61. The zero-order valence-corrected chi connectivity index (χ0v) is 14.8. The van der Waals surface area contributed by atoms with Gasteiger partial charge in [-0.05, 0) is 25.0 Å². The molecule has 0 atom stereocenters. The number of fused-ring (bicyclic) bond motifs is 2. The van der Waals surface area contributed by atoms with Crippen molar-refractivity contribution in [2.45, 2.75) is 18.9 Å². The highest BCUT2D eigenvalue weighted by Gasteiger charge is 2.22. The molecule has 10 nitrogen and oxygen atoms in total. The van der Waals surface area contributed by atoms with Crippen molar-refractivity contribution < 1.29 is 9.53 Å². The second-order valence-corrected chi connectivity index (χ2v) is 6.73. The minimum Gasteiger partial charge on any atom is -0.381 e. The first-order valence-electron chi connectivity index (χ1n) is 8.94. The minimum absolute atomic E-state index is 0.0291. The predicted molar refractivity (Wildman–Crippen MR) is 99.9 cm³/mol. The van der Waals surface area contributed by atoms with Crippen molar-refractivity contribution in [3.05, 3.63) is 46.8 Å². The maximum Gasteiger partial charge on any atom is 0.327 e. The Morgan fingerprint density at radius 2 is 2.04 bits per heavy atom. The molecule has 5 heterocycles. The van der Waals surface area contributed by atoms with Crippen molar-refractivity contribution in [2.75, 3.05) is 13.2 Å². The summed E-state index contributed by atoms with van der Waals surface area (Å²) in [6.07, 6.45) is 6.33. The number of aromatic nitrogens is 6. The number of hydrogen-bond acceptors (Lipinski definition) is 6. The van der Waals surface area contributed by atoms with Crippen LogP contribution >= 0.6 is 0 Å². The smallest absolute Gasteiger partial charge is 0.327 e. The van der Waals surface area contributed by atoms with E-state index in [9.17, 15) is 9.59 Å². The van der Waals surface area contributed by atoms with E-state index in [2.05, 4.69) is 19.9 Å². The van der Waals surface area contributed by atoms with Gasteiger partial charge in [-0.3, -0.25) is 13.8 Å². The number of carbonyl (C=O) groups excluding carboxylic acids is 1. The van der Waals surface area contributed by atoms with E-state index in [1.165, 1.54) is 0 Å². The molecule has 1 aliphatic heterocycles. The lowest BCUT2D eigenvalue weighted by molar-refractivity contribution is 0.0697. The molecule has 10 heteroatoms. The number of rotatable bonds is 3. The van der Waals surface area contributed by atoms with Gasteiger partial charge in [0, 0.05) is 25.5 Å². The van der Waals surface area contributed by atoms with E-state index in [1.807, 2.05) is 0 Å². The Balaban J connectivity index is 1.68. The number of ether oxygens (including phenoxy) is 1. The van der Waals surface area contributed by atoms with E-state index >= 15 is 0 Å². The van der Waals surface area contributed by atoms with E-state index in [0.29, 0.717) is 47.1 Å². The molecular formula is C18H17N7O3. The number of nitrogens with one attached hydrogen (secondary N) is 1. The predicted octanol–water partition coefficient (Wildman–Crippen LogP) is 0.885. The molecule has 0 aliphatic carbocycles. The van der Waals surface area contributed by atoms with Crippen LogP contribution in [0.1, 0.15) is 29.2 Å². The average molecular weight is 379 g/mol. The molecule has 0 saturated carbocycles. The summed E-state index contributed by atoms with van der Waals surface area (Å²) >= 11 is 0. The molecule has 1 saturated heterocycles. The van der Waals surface area contributed by atoms with Gasteiger partial charge >= 0.3 is 5.69 Å². The number of aromatic amines is 1. The van der Waals surface area contributed by atoms with E-state index in [0.717, 1.165) is 12.8 Å². The Morgan fingerprint density at radius 1 is 1.21 bits per heavy atom. The normalized spacial score (nSPS) is 15.4. The van der Waals surface area contributed by atoms with Crippen molar-refractivity contribution in [2.24, 2.45) is 5.73 Å². The van der Waals surface area contributed by atoms with Gasteiger partial charge in [0.1, 0.15) is 16.9 Å². The molecule has 4 aromatic heterocycles. The molecule has 0 bridgehead atoms. The van der Waals surface area contributed by atoms with Gasteiger partial charge in [-0.15, -0.1) is 0 Å². The molecule has 28 heavy (non-hydrogen) atoms. The van der Waals surface area contributed by atoms with Gasteiger partial charge in [-0.1, -0.05) is 0 Å². The summed E-state index contributed by atoms with van der Waals surface area (Å²) in [5, 5.41) is 0. The first-order valence-corrected chi connectivity index (χ1v) is 8.94. The molecule has 0 aromatic carbocycles. The number of imidazole rings is 2. The maximum absolute atomic E-state index is 12.5. The molecule has 4 aromatic rings. The molecule has 1 amide bonds. The lowest BCUT2D eigenvalue weighted by Crippen LogP contribution is -2.27. The number of nitrogens with zero attached hydrogens (tertiary/aromatic N) is 5. The fraction of sp³-hybridized carbons (Fsp3) is 0.278. The first-order chi connectivity index (χ1) is 13.6. The molecule has 0 unspecified atom stereocenters. The van der Waals surface area contributed by atoms with Gasteiger partial charge in [0.25, 0.3) is 0 Å². The largest absolute Gasteiger partial charge is 0.381 e. The van der Waals surface area contributed by atoms with Crippen LogP contribution in [0.5, 0.6) is 0 Å². The van der Waals surface area contributed by atoms with Gasteiger partial charge in [0.05, 0.1) is 18.0 Å². The zero-order chi connectivity index (χ0) is 19.3. The van der Waals surface area contributed by atoms with Crippen molar-refractivity contribution in [3.63, 3.8) is 0 Å². The minimum atomic E-state index is -0.531. The lowest BCUT2D eigenvalue weighted by atomic mass is 10.1.